The molecule has 0 saturated heterocycles. The van der Waals surface area contributed by atoms with Crippen LogP contribution in [0, 0.1) is 5.92 Å². The average Bonchev–Trinajstić information content (AvgIpc) is 2.84. The van der Waals surface area contributed by atoms with E-state index in [9.17, 15) is 14.7 Å². The minimum Gasteiger partial charge on any atom is -0.481 e. The highest BCUT2D eigenvalue weighted by Crippen LogP contribution is 2.39. The van der Waals surface area contributed by atoms with Gasteiger partial charge in [0.25, 0.3) is 0 Å². The lowest BCUT2D eigenvalue weighted by molar-refractivity contribution is -0.137. The second-order valence-corrected chi connectivity index (χ2v) is 6.26. The first kappa shape index (κ1) is 18.4. The summed E-state index contributed by atoms with van der Waals surface area (Å²) < 4.78 is 0. The number of carbonyl (C=O) groups is 2. The van der Waals surface area contributed by atoms with Crippen LogP contribution in [0.25, 0.3) is 0 Å². The first-order valence-electron chi connectivity index (χ1n) is 8.30. The van der Waals surface area contributed by atoms with Crippen LogP contribution < -0.4 is 0 Å². The number of aliphatic carboxylic acids is 1. The Kier molecular flexibility index (Phi) is 6.70. The van der Waals surface area contributed by atoms with Crippen molar-refractivity contribution >= 4 is 11.8 Å². The molecule has 1 aromatic carbocycles. The van der Waals surface area contributed by atoms with Gasteiger partial charge in [-0.2, -0.15) is 0 Å². The predicted molar refractivity (Wildman–Crippen MR) is 89.5 cm³/mol. The summed E-state index contributed by atoms with van der Waals surface area (Å²) in [7, 11) is 0. The van der Waals surface area contributed by atoms with E-state index in [0.29, 0.717) is 19.3 Å². The number of allylic oxidation sites excluding steroid dienone is 2. The molecule has 0 aromatic heterocycles. The quantitative estimate of drug-likeness (QED) is 0.502. The fourth-order valence-electron chi connectivity index (χ4n) is 3.26. The third kappa shape index (κ3) is 4.76. The number of benzene rings is 1. The fourth-order valence-corrected chi connectivity index (χ4v) is 3.26. The molecule has 0 bridgehead atoms. The van der Waals surface area contributed by atoms with Gasteiger partial charge in [-0.25, -0.2) is 0 Å². The molecule has 2 rings (SSSR count). The van der Waals surface area contributed by atoms with Gasteiger partial charge in [0.05, 0.1) is 12.7 Å². The lowest BCUT2D eigenvalue weighted by atomic mass is 9.85. The SMILES string of the molecule is O=C(O)CCC/C=C/CC1C(=O)CC(O)C1c1ccc(CO)cc1. The monoisotopic (exact) mass is 332 g/mol. The van der Waals surface area contributed by atoms with Gasteiger partial charge >= 0.3 is 5.97 Å². The summed E-state index contributed by atoms with van der Waals surface area (Å²) in [5, 5.41) is 28.0. The van der Waals surface area contributed by atoms with Crippen LogP contribution in [-0.4, -0.2) is 33.2 Å². The maximum Gasteiger partial charge on any atom is 0.303 e. The molecule has 0 amide bonds. The molecular weight excluding hydrogens is 308 g/mol. The van der Waals surface area contributed by atoms with Crippen molar-refractivity contribution in [2.24, 2.45) is 5.92 Å². The van der Waals surface area contributed by atoms with Crippen LogP contribution in [0.3, 0.4) is 0 Å². The van der Waals surface area contributed by atoms with Crippen molar-refractivity contribution < 1.29 is 24.9 Å². The van der Waals surface area contributed by atoms with Gasteiger partial charge in [-0.1, -0.05) is 36.4 Å². The van der Waals surface area contributed by atoms with Crippen molar-refractivity contribution in [3.8, 4) is 0 Å². The molecule has 5 heteroatoms. The van der Waals surface area contributed by atoms with E-state index in [1.54, 1.807) is 0 Å². The summed E-state index contributed by atoms with van der Waals surface area (Å²) in [6, 6.07) is 7.34. The van der Waals surface area contributed by atoms with Crippen LogP contribution >= 0.6 is 0 Å². The van der Waals surface area contributed by atoms with Crippen LogP contribution in [0.1, 0.15) is 49.1 Å². The number of aliphatic hydroxyl groups is 2. The Balaban J connectivity index is 1.98. The predicted octanol–water partition coefficient (Wildman–Crippen LogP) is 2.41. The lowest BCUT2D eigenvalue weighted by Crippen LogP contribution is -2.18. The standard InChI is InChI=1S/C19H24O5/c20-12-13-7-9-14(10-8-13)19-15(16(21)11-17(19)22)5-3-1-2-4-6-18(23)24/h1,3,7-10,15,17,19-20,22H,2,4-6,11-12H2,(H,23,24)/b3-1+. The highest BCUT2D eigenvalue weighted by molar-refractivity contribution is 5.85. The van der Waals surface area contributed by atoms with E-state index in [-0.39, 0.29) is 37.1 Å². The molecule has 1 fully saturated rings. The molecule has 0 heterocycles. The molecule has 0 aliphatic heterocycles. The summed E-state index contributed by atoms with van der Waals surface area (Å²) in [5.74, 6) is -1.22. The number of carbonyl (C=O) groups excluding carboxylic acids is 1. The van der Waals surface area contributed by atoms with Gasteiger partial charge in [-0.05, 0) is 30.4 Å². The zero-order valence-electron chi connectivity index (χ0n) is 13.6. The number of ketones is 1. The van der Waals surface area contributed by atoms with Crippen molar-refractivity contribution in [3.63, 3.8) is 0 Å². The molecule has 1 aliphatic rings. The van der Waals surface area contributed by atoms with Gasteiger partial charge in [0.2, 0.25) is 0 Å². The topological polar surface area (TPSA) is 94.8 Å². The molecule has 0 spiro atoms. The van der Waals surface area contributed by atoms with E-state index < -0.39 is 12.1 Å². The first-order chi connectivity index (χ1) is 11.5. The lowest BCUT2D eigenvalue weighted by Gasteiger charge is -2.20. The molecule has 0 radical (unpaired) electrons. The normalized spacial score (nSPS) is 23.9. The molecule has 130 valence electrons. The number of carboxylic acids is 1. The highest BCUT2D eigenvalue weighted by Gasteiger charge is 2.41. The summed E-state index contributed by atoms with van der Waals surface area (Å²) in [6.07, 6.45) is 5.27. The first-order valence-corrected chi connectivity index (χ1v) is 8.30. The summed E-state index contributed by atoms with van der Waals surface area (Å²) >= 11 is 0. The second-order valence-electron chi connectivity index (χ2n) is 6.26. The maximum atomic E-state index is 12.2. The fraction of sp³-hybridized carbons (Fsp3) is 0.474. The molecule has 1 aromatic rings. The van der Waals surface area contributed by atoms with Crippen LogP contribution in [0.15, 0.2) is 36.4 Å². The number of hydrogen-bond acceptors (Lipinski definition) is 4. The van der Waals surface area contributed by atoms with Gasteiger partial charge in [0, 0.05) is 24.7 Å². The van der Waals surface area contributed by atoms with E-state index >= 15 is 0 Å². The van der Waals surface area contributed by atoms with Crippen molar-refractivity contribution in [2.75, 3.05) is 0 Å². The number of aliphatic hydroxyl groups excluding tert-OH is 2. The summed E-state index contributed by atoms with van der Waals surface area (Å²) in [4.78, 5) is 22.6. The van der Waals surface area contributed by atoms with Crippen molar-refractivity contribution in [1.82, 2.24) is 0 Å². The average molecular weight is 332 g/mol. The van der Waals surface area contributed by atoms with Gasteiger partial charge in [0.15, 0.2) is 0 Å². The Labute approximate surface area is 141 Å². The van der Waals surface area contributed by atoms with Crippen LogP contribution in [0.5, 0.6) is 0 Å². The molecule has 5 nitrogen and oxygen atoms in total. The minimum atomic E-state index is -0.802. The van der Waals surface area contributed by atoms with E-state index in [2.05, 4.69) is 0 Å². The van der Waals surface area contributed by atoms with E-state index in [1.165, 1.54) is 0 Å². The van der Waals surface area contributed by atoms with Gasteiger partial charge in [-0.15, -0.1) is 0 Å². The van der Waals surface area contributed by atoms with Gasteiger partial charge in [0.1, 0.15) is 5.78 Å². The van der Waals surface area contributed by atoms with Crippen molar-refractivity contribution in [1.29, 1.82) is 0 Å². The number of Topliss-reactive ketones (excluding diaryl/α,β-unsaturated/α-hetero) is 1. The highest BCUT2D eigenvalue weighted by atomic mass is 16.4. The third-order valence-electron chi connectivity index (χ3n) is 4.54. The summed E-state index contributed by atoms with van der Waals surface area (Å²) in [6.45, 7) is -0.0328. The van der Waals surface area contributed by atoms with Gasteiger partial charge < -0.3 is 15.3 Å². The zero-order chi connectivity index (χ0) is 17.5. The third-order valence-corrected chi connectivity index (χ3v) is 4.54. The van der Waals surface area contributed by atoms with Crippen molar-refractivity contribution in [2.45, 2.75) is 50.7 Å². The zero-order valence-corrected chi connectivity index (χ0v) is 13.6. The Bertz CT molecular complexity index is 590. The number of carboxylic acid groups (broad SMARTS) is 1. The van der Waals surface area contributed by atoms with Crippen molar-refractivity contribution in [3.05, 3.63) is 47.5 Å². The largest absolute Gasteiger partial charge is 0.481 e. The second kappa shape index (κ2) is 8.76. The van der Waals surface area contributed by atoms with Crippen LogP contribution in [0.2, 0.25) is 0 Å². The molecule has 3 N–H and O–H groups in total. The van der Waals surface area contributed by atoms with Crippen LogP contribution in [-0.2, 0) is 16.2 Å². The van der Waals surface area contributed by atoms with E-state index in [4.69, 9.17) is 10.2 Å². The smallest absolute Gasteiger partial charge is 0.303 e. The van der Waals surface area contributed by atoms with E-state index in [0.717, 1.165) is 11.1 Å². The number of hydrogen-bond donors (Lipinski definition) is 3. The molecule has 24 heavy (non-hydrogen) atoms. The molecule has 1 aliphatic carbocycles. The number of unbranched alkanes of at least 4 members (excludes halogenated alkanes) is 1. The maximum absolute atomic E-state index is 12.2. The Morgan fingerprint density at radius 1 is 1.21 bits per heavy atom. The molecule has 3 unspecified atom stereocenters. The Morgan fingerprint density at radius 3 is 2.54 bits per heavy atom. The van der Waals surface area contributed by atoms with Gasteiger partial charge in [-0.3, -0.25) is 9.59 Å². The Morgan fingerprint density at radius 2 is 1.92 bits per heavy atom. The molecule has 3 atom stereocenters. The van der Waals surface area contributed by atoms with E-state index in [1.807, 2.05) is 36.4 Å². The molecular formula is C19H24O5. The molecule has 1 saturated carbocycles. The Hall–Kier alpha value is -1.98. The summed E-state index contributed by atoms with van der Waals surface area (Å²) in [5.41, 5.74) is 1.71. The number of rotatable bonds is 8. The van der Waals surface area contributed by atoms with Crippen LogP contribution in [0.4, 0.5) is 0 Å². The minimum absolute atomic E-state index is 0.0328.